The number of nitrogens with zero attached hydrogens (tertiary/aromatic N) is 2. The Kier molecular flexibility index (Phi) is 8.41. The molecule has 1 atom stereocenters. The monoisotopic (exact) mass is 469 g/mol. The van der Waals surface area contributed by atoms with Gasteiger partial charge in [0.25, 0.3) is 0 Å². The van der Waals surface area contributed by atoms with E-state index in [1.165, 1.54) is 37.3 Å². The molecular weight excluding hydrogens is 445 g/mol. The van der Waals surface area contributed by atoms with Gasteiger partial charge in [-0.2, -0.15) is 0 Å². The molecule has 0 aromatic heterocycles. The maximum Gasteiger partial charge on any atom is 0.244 e. The van der Waals surface area contributed by atoms with Crippen LogP contribution in [0.2, 0.25) is 5.02 Å². The van der Waals surface area contributed by atoms with Crippen LogP contribution in [0.4, 0.5) is 10.1 Å². The van der Waals surface area contributed by atoms with Gasteiger partial charge in [0.05, 0.1) is 17.0 Å². The van der Waals surface area contributed by atoms with Crippen LogP contribution < -0.4 is 9.62 Å². The Morgan fingerprint density at radius 1 is 1.13 bits per heavy atom. The van der Waals surface area contributed by atoms with Crippen LogP contribution in [0.15, 0.2) is 48.5 Å². The standard InChI is InChI=1S/C21H25ClFN3O4S/c1-4-24-21(28)15(2)25(13-16-9-5-7-11-18(16)23)20(27)14-26(31(3,29)30)19-12-8-6-10-17(19)22/h5-12,15H,4,13-14H2,1-3H3,(H,24,28)/t15-/m0/s1. The Balaban J connectivity index is 2.41. The highest BCUT2D eigenvalue weighted by molar-refractivity contribution is 7.92. The van der Waals surface area contributed by atoms with Gasteiger partial charge in [0.15, 0.2) is 0 Å². The largest absolute Gasteiger partial charge is 0.355 e. The average Bonchev–Trinajstić information content (AvgIpc) is 2.71. The normalized spacial score (nSPS) is 12.2. The van der Waals surface area contributed by atoms with E-state index in [1.807, 2.05) is 0 Å². The zero-order valence-electron chi connectivity index (χ0n) is 17.5. The lowest BCUT2D eigenvalue weighted by Crippen LogP contribution is -2.51. The molecule has 0 unspecified atom stereocenters. The number of benzene rings is 2. The van der Waals surface area contributed by atoms with E-state index in [4.69, 9.17) is 11.6 Å². The Bertz CT molecular complexity index is 1050. The lowest BCUT2D eigenvalue weighted by Gasteiger charge is -2.31. The minimum Gasteiger partial charge on any atom is -0.355 e. The average molecular weight is 470 g/mol. The smallest absolute Gasteiger partial charge is 0.244 e. The number of likely N-dealkylation sites (N-methyl/N-ethyl adjacent to an activating group) is 1. The number of nitrogens with one attached hydrogen (secondary N) is 1. The zero-order chi connectivity index (χ0) is 23.2. The molecule has 0 radical (unpaired) electrons. The van der Waals surface area contributed by atoms with Crippen molar-refractivity contribution in [3.63, 3.8) is 0 Å². The van der Waals surface area contributed by atoms with E-state index < -0.39 is 40.2 Å². The first kappa shape index (κ1) is 24.6. The van der Waals surface area contributed by atoms with Crippen LogP contribution >= 0.6 is 11.6 Å². The van der Waals surface area contributed by atoms with Gasteiger partial charge in [0.2, 0.25) is 21.8 Å². The number of carbonyl (C=O) groups is 2. The second-order valence-corrected chi connectivity index (χ2v) is 9.22. The number of anilines is 1. The van der Waals surface area contributed by atoms with Gasteiger partial charge in [-0.05, 0) is 32.0 Å². The number of amides is 2. The summed E-state index contributed by atoms with van der Waals surface area (Å²) < 4.78 is 39.9. The number of carbonyl (C=O) groups excluding carboxylic acids is 2. The van der Waals surface area contributed by atoms with Crippen molar-refractivity contribution in [1.82, 2.24) is 10.2 Å². The first-order valence-corrected chi connectivity index (χ1v) is 11.8. The van der Waals surface area contributed by atoms with E-state index in [2.05, 4.69) is 5.32 Å². The van der Waals surface area contributed by atoms with Gasteiger partial charge in [-0.1, -0.05) is 41.9 Å². The van der Waals surface area contributed by atoms with Crippen LogP contribution in [0.3, 0.4) is 0 Å². The summed E-state index contributed by atoms with van der Waals surface area (Å²) in [5.74, 6) is -1.64. The maximum atomic E-state index is 14.2. The minimum absolute atomic E-state index is 0.136. The molecule has 0 bridgehead atoms. The van der Waals surface area contributed by atoms with Crippen LogP contribution in [0.5, 0.6) is 0 Å². The summed E-state index contributed by atoms with van der Waals surface area (Å²) >= 11 is 6.15. The van der Waals surface area contributed by atoms with Crippen molar-refractivity contribution >= 4 is 39.1 Å². The summed E-state index contributed by atoms with van der Waals surface area (Å²) in [6.07, 6.45) is 0.956. The van der Waals surface area contributed by atoms with Crippen molar-refractivity contribution in [3.05, 3.63) is 64.9 Å². The van der Waals surface area contributed by atoms with Crippen LogP contribution in [-0.4, -0.2) is 50.5 Å². The van der Waals surface area contributed by atoms with Crippen LogP contribution in [0.1, 0.15) is 19.4 Å². The second-order valence-electron chi connectivity index (χ2n) is 6.90. The fraction of sp³-hybridized carbons (Fsp3) is 0.333. The summed E-state index contributed by atoms with van der Waals surface area (Å²) in [5, 5.41) is 2.78. The summed E-state index contributed by atoms with van der Waals surface area (Å²) in [5.41, 5.74) is 0.340. The molecule has 2 aromatic carbocycles. The Morgan fingerprint density at radius 3 is 2.32 bits per heavy atom. The molecule has 7 nitrogen and oxygen atoms in total. The van der Waals surface area contributed by atoms with Crippen molar-refractivity contribution in [3.8, 4) is 0 Å². The topological polar surface area (TPSA) is 86.8 Å². The van der Waals surface area contributed by atoms with Gasteiger partial charge >= 0.3 is 0 Å². The second kappa shape index (κ2) is 10.6. The van der Waals surface area contributed by atoms with Gasteiger partial charge in [-0.25, -0.2) is 12.8 Å². The molecular formula is C21H25ClFN3O4S. The van der Waals surface area contributed by atoms with Gasteiger partial charge in [0.1, 0.15) is 18.4 Å². The molecule has 1 N–H and O–H groups in total. The van der Waals surface area contributed by atoms with Crippen molar-refractivity contribution in [1.29, 1.82) is 0 Å². The molecule has 0 aliphatic carbocycles. The van der Waals surface area contributed by atoms with Crippen LogP contribution in [-0.2, 0) is 26.2 Å². The highest BCUT2D eigenvalue weighted by atomic mass is 35.5. The molecule has 0 heterocycles. The number of sulfonamides is 1. The molecule has 10 heteroatoms. The lowest BCUT2D eigenvalue weighted by atomic mass is 10.1. The van der Waals surface area contributed by atoms with E-state index in [0.29, 0.717) is 6.54 Å². The minimum atomic E-state index is -3.88. The Hall–Kier alpha value is -2.65. The van der Waals surface area contributed by atoms with Gasteiger partial charge < -0.3 is 10.2 Å². The third-order valence-electron chi connectivity index (χ3n) is 4.62. The molecule has 0 aliphatic heterocycles. The Labute approximate surface area is 186 Å². The molecule has 0 aliphatic rings. The Morgan fingerprint density at radius 2 is 1.74 bits per heavy atom. The summed E-state index contributed by atoms with van der Waals surface area (Å²) in [4.78, 5) is 26.8. The fourth-order valence-electron chi connectivity index (χ4n) is 2.96. The molecule has 31 heavy (non-hydrogen) atoms. The predicted molar refractivity (Wildman–Crippen MR) is 119 cm³/mol. The number of halogens is 2. The summed E-state index contributed by atoms with van der Waals surface area (Å²) in [7, 11) is -3.88. The van der Waals surface area contributed by atoms with Crippen molar-refractivity contribution < 1.29 is 22.4 Å². The van der Waals surface area contributed by atoms with Crippen molar-refractivity contribution in [2.24, 2.45) is 0 Å². The molecule has 0 fully saturated rings. The van der Waals surface area contributed by atoms with E-state index in [1.54, 1.807) is 25.1 Å². The number of rotatable bonds is 9. The van der Waals surface area contributed by atoms with Gasteiger partial charge in [0, 0.05) is 18.7 Å². The highest BCUT2D eigenvalue weighted by Crippen LogP contribution is 2.27. The molecule has 0 spiro atoms. The summed E-state index contributed by atoms with van der Waals surface area (Å²) in [6, 6.07) is 11.1. The van der Waals surface area contributed by atoms with E-state index >= 15 is 0 Å². The number of para-hydroxylation sites is 1. The number of hydrogen-bond donors (Lipinski definition) is 1. The molecule has 2 rings (SSSR count). The third-order valence-corrected chi connectivity index (χ3v) is 6.06. The van der Waals surface area contributed by atoms with Crippen LogP contribution in [0.25, 0.3) is 0 Å². The first-order chi connectivity index (χ1) is 14.6. The van der Waals surface area contributed by atoms with E-state index in [0.717, 1.165) is 15.5 Å². The number of hydrogen-bond acceptors (Lipinski definition) is 4. The van der Waals surface area contributed by atoms with Crippen molar-refractivity contribution in [2.75, 3.05) is 23.7 Å². The molecule has 168 valence electrons. The zero-order valence-corrected chi connectivity index (χ0v) is 19.1. The molecule has 0 saturated heterocycles. The van der Waals surface area contributed by atoms with E-state index in [9.17, 15) is 22.4 Å². The van der Waals surface area contributed by atoms with E-state index in [-0.39, 0.29) is 22.8 Å². The SMILES string of the molecule is CCNC(=O)[C@H](C)N(Cc1ccccc1F)C(=O)CN(c1ccccc1Cl)S(C)(=O)=O. The summed E-state index contributed by atoms with van der Waals surface area (Å²) in [6.45, 7) is 2.78. The first-order valence-electron chi connectivity index (χ1n) is 9.59. The molecule has 2 amide bonds. The predicted octanol–water partition coefficient (Wildman–Crippen LogP) is 2.80. The van der Waals surface area contributed by atoms with Gasteiger partial charge in [-0.3, -0.25) is 13.9 Å². The molecule has 0 saturated carbocycles. The van der Waals surface area contributed by atoms with Gasteiger partial charge in [-0.15, -0.1) is 0 Å². The third kappa shape index (κ3) is 6.41. The van der Waals surface area contributed by atoms with Crippen LogP contribution in [0, 0.1) is 5.82 Å². The van der Waals surface area contributed by atoms with Crippen molar-refractivity contribution in [2.45, 2.75) is 26.4 Å². The highest BCUT2D eigenvalue weighted by Gasteiger charge is 2.30. The molecule has 2 aromatic rings. The lowest BCUT2D eigenvalue weighted by molar-refractivity contribution is -0.139. The fourth-order valence-corrected chi connectivity index (χ4v) is 4.11. The maximum absolute atomic E-state index is 14.2. The quantitative estimate of drug-likeness (QED) is 0.611.